The van der Waals surface area contributed by atoms with Gasteiger partial charge >= 0.3 is 0 Å². The number of nitrogens with zero attached hydrogens (tertiary/aromatic N) is 2. The van der Waals surface area contributed by atoms with E-state index >= 15 is 0 Å². The maximum absolute atomic E-state index is 12.6. The first-order chi connectivity index (χ1) is 10.1. The number of fused-ring (bicyclic) bond motifs is 1. The number of benzene rings is 1. The second kappa shape index (κ2) is 5.17. The standard InChI is InChI=1S/C17H17N3O/c1-12-7-8-13-5-4-6-14(15(13)19-12)16(21)20-17(11-18)9-2-3-10-17/h4-8H,2-3,9-10H2,1H3,(H,20,21). The molecule has 4 heteroatoms. The van der Waals surface area contributed by atoms with E-state index in [1.807, 2.05) is 31.2 Å². The van der Waals surface area contributed by atoms with Gasteiger partial charge in [0.15, 0.2) is 0 Å². The van der Waals surface area contributed by atoms with Crippen LogP contribution < -0.4 is 5.32 Å². The maximum Gasteiger partial charge on any atom is 0.254 e. The fourth-order valence-electron chi connectivity index (χ4n) is 2.96. The molecule has 1 fully saturated rings. The molecule has 1 aliphatic carbocycles. The van der Waals surface area contributed by atoms with Crippen molar-refractivity contribution in [2.75, 3.05) is 0 Å². The summed E-state index contributed by atoms with van der Waals surface area (Å²) in [6.45, 7) is 1.90. The van der Waals surface area contributed by atoms with Gasteiger partial charge in [-0.3, -0.25) is 9.78 Å². The molecule has 1 amide bonds. The second-order valence-corrected chi connectivity index (χ2v) is 5.69. The average molecular weight is 279 g/mol. The summed E-state index contributed by atoms with van der Waals surface area (Å²) in [4.78, 5) is 17.1. The zero-order chi connectivity index (χ0) is 14.9. The summed E-state index contributed by atoms with van der Waals surface area (Å²) < 4.78 is 0. The number of rotatable bonds is 2. The van der Waals surface area contributed by atoms with Crippen molar-refractivity contribution in [3.63, 3.8) is 0 Å². The lowest BCUT2D eigenvalue weighted by molar-refractivity contribution is 0.0922. The van der Waals surface area contributed by atoms with Crippen molar-refractivity contribution in [1.29, 1.82) is 5.26 Å². The number of para-hydroxylation sites is 1. The van der Waals surface area contributed by atoms with E-state index in [4.69, 9.17) is 0 Å². The molecule has 0 spiro atoms. The zero-order valence-electron chi connectivity index (χ0n) is 12.0. The number of carbonyl (C=O) groups excluding carboxylic acids is 1. The molecule has 0 atom stereocenters. The number of hydrogen-bond donors (Lipinski definition) is 1. The van der Waals surface area contributed by atoms with Gasteiger partial charge in [0.05, 0.1) is 17.1 Å². The monoisotopic (exact) mass is 279 g/mol. The largest absolute Gasteiger partial charge is 0.334 e. The number of nitrogens with one attached hydrogen (secondary N) is 1. The molecule has 2 aromatic rings. The van der Waals surface area contributed by atoms with Gasteiger partial charge in [-0.1, -0.05) is 18.2 Å². The van der Waals surface area contributed by atoms with E-state index in [1.54, 1.807) is 6.07 Å². The quantitative estimate of drug-likeness (QED) is 0.918. The molecule has 3 rings (SSSR count). The molecule has 4 nitrogen and oxygen atoms in total. The smallest absolute Gasteiger partial charge is 0.254 e. The van der Waals surface area contributed by atoms with E-state index < -0.39 is 5.54 Å². The lowest BCUT2D eigenvalue weighted by Crippen LogP contribution is -2.45. The molecule has 1 aliphatic rings. The minimum Gasteiger partial charge on any atom is -0.334 e. The van der Waals surface area contributed by atoms with E-state index in [2.05, 4.69) is 16.4 Å². The van der Waals surface area contributed by atoms with Gasteiger partial charge in [-0.25, -0.2) is 0 Å². The number of amides is 1. The van der Waals surface area contributed by atoms with Gasteiger partial charge in [-0.15, -0.1) is 0 Å². The Morgan fingerprint density at radius 1 is 1.29 bits per heavy atom. The number of nitriles is 1. The molecule has 1 saturated carbocycles. The first-order valence-corrected chi connectivity index (χ1v) is 7.24. The molecular weight excluding hydrogens is 262 g/mol. The van der Waals surface area contributed by atoms with Crippen LogP contribution in [0.5, 0.6) is 0 Å². The zero-order valence-corrected chi connectivity index (χ0v) is 12.0. The molecule has 0 bridgehead atoms. The topological polar surface area (TPSA) is 65.8 Å². The molecule has 0 saturated heterocycles. The van der Waals surface area contributed by atoms with Gasteiger partial charge < -0.3 is 5.32 Å². The number of aryl methyl sites for hydroxylation is 1. The van der Waals surface area contributed by atoms with Crippen LogP contribution >= 0.6 is 0 Å². The molecule has 1 heterocycles. The van der Waals surface area contributed by atoms with Gasteiger partial charge in [-0.2, -0.15) is 5.26 Å². The molecule has 21 heavy (non-hydrogen) atoms. The van der Waals surface area contributed by atoms with E-state index in [-0.39, 0.29) is 5.91 Å². The summed E-state index contributed by atoms with van der Waals surface area (Å²) in [5, 5.41) is 13.3. The first kappa shape index (κ1) is 13.6. The van der Waals surface area contributed by atoms with Crippen molar-refractivity contribution >= 4 is 16.8 Å². The Kier molecular flexibility index (Phi) is 3.34. The van der Waals surface area contributed by atoms with Crippen molar-refractivity contribution in [2.24, 2.45) is 0 Å². The average Bonchev–Trinajstić information content (AvgIpc) is 2.95. The third kappa shape index (κ3) is 2.47. The Labute approximate surface area is 123 Å². The molecule has 0 unspecified atom stereocenters. The molecule has 1 aromatic carbocycles. The van der Waals surface area contributed by atoms with E-state index in [1.165, 1.54) is 0 Å². The fraction of sp³-hybridized carbons (Fsp3) is 0.353. The van der Waals surface area contributed by atoms with Gasteiger partial charge in [0.1, 0.15) is 5.54 Å². The highest BCUT2D eigenvalue weighted by Gasteiger charge is 2.35. The lowest BCUT2D eigenvalue weighted by atomic mass is 9.98. The number of pyridine rings is 1. The van der Waals surface area contributed by atoms with Crippen LogP contribution in [0, 0.1) is 18.3 Å². The molecule has 0 radical (unpaired) electrons. The van der Waals surface area contributed by atoms with Crippen LogP contribution in [0.1, 0.15) is 41.7 Å². The first-order valence-electron chi connectivity index (χ1n) is 7.24. The number of aromatic nitrogens is 1. The van der Waals surface area contributed by atoms with Crippen LogP contribution in [0.2, 0.25) is 0 Å². The summed E-state index contributed by atoms with van der Waals surface area (Å²) in [6, 6.07) is 11.7. The fourth-order valence-corrected chi connectivity index (χ4v) is 2.96. The highest BCUT2D eigenvalue weighted by Crippen LogP contribution is 2.29. The molecular formula is C17H17N3O. The maximum atomic E-state index is 12.6. The van der Waals surface area contributed by atoms with Crippen molar-refractivity contribution in [1.82, 2.24) is 10.3 Å². The molecule has 0 aliphatic heterocycles. The van der Waals surface area contributed by atoms with E-state index in [9.17, 15) is 10.1 Å². The van der Waals surface area contributed by atoms with Crippen molar-refractivity contribution in [3.05, 3.63) is 41.6 Å². The van der Waals surface area contributed by atoms with Gasteiger partial charge in [0.25, 0.3) is 5.91 Å². The predicted molar refractivity (Wildman–Crippen MR) is 80.8 cm³/mol. The Morgan fingerprint density at radius 2 is 2.05 bits per heavy atom. The SMILES string of the molecule is Cc1ccc2cccc(C(=O)NC3(C#N)CCCC3)c2n1. The lowest BCUT2D eigenvalue weighted by Gasteiger charge is -2.22. The van der Waals surface area contributed by atoms with Gasteiger partial charge in [0, 0.05) is 11.1 Å². The van der Waals surface area contributed by atoms with Gasteiger partial charge in [0.2, 0.25) is 0 Å². The minimum absolute atomic E-state index is 0.206. The highest BCUT2D eigenvalue weighted by atomic mass is 16.1. The van der Waals surface area contributed by atoms with E-state index in [0.717, 1.165) is 36.8 Å². The Morgan fingerprint density at radius 3 is 2.76 bits per heavy atom. The number of hydrogen-bond acceptors (Lipinski definition) is 3. The van der Waals surface area contributed by atoms with Crippen LogP contribution in [0.4, 0.5) is 0 Å². The minimum atomic E-state index is -0.705. The third-order valence-electron chi connectivity index (χ3n) is 4.13. The van der Waals surface area contributed by atoms with Crippen LogP contribution in [-0.4, -0.2) is 16.4 Å². The second-order valence-electron chi connectivity index (χ2n) is 5.69. The summed E-state index contributed by atoms with van der Waals surface area (Å²) in [7, 11) is 0. The Balaban J connectivity index is 1.98. The van der Waals surface area contributed by atoms with Crippen LogP contribution in [0.3, 0.4) is 0 Å². The summed E-state index contributed by atoms with van der Waals surface area (Å²) in [5.74, 6) is -0.206. The summed E-state index contributed by atoms with van der Waals surface area (Å²) >= 11 is 0. The third-order valence-corrected chi connectivity index (χ3v) is 4.13. The summed E-state index contributed by atoms with van der Waals surface area (Å²) in [5.41, 5.74) is 1.40. The molecule has 1 aromatic heterocycles. The van der Waals surface area contributed by atoms with Crippen LogP contribution in [-0.2, 0) is 0 Å². The van der Waals surface area contributed by atoms with Crippen molar-refractivity contribution in [2.45, 2.75) is 38.1 Å². The van der Waals surface area contributed by atoms with Crippen LogP contribution in [0.25, 0.3) is 10.9 Å². The highest BCUT2D eigenvalue weighted by molar-refractivity contribution is 6.05. The van der Waals surface area contributed by atoms with Crippen molar-refractivity contribution < 1.29 is 4.79 Å². The molecule has 106 valence electrons. The number of carbonyl (C=O) groups is 1. The van der Waals surface area contributed by atoms with Gasteiger partial charge in [-0.05, 0) is 44.7 Å². The Hall–Kier alpha value is -2.41. The summed E-state index contributed by atoms with van der Waals surface area (Å²) in [6.07, 6.45) is 3.43. The Bertz CT molecular complexity index is 739. The van der Waals surface area contributed by atoms with E-state index in [0.29, 0.717) is 11.1 Å². The van der Waals surface area contributed by atoms with Crippen LogP contribution in [0.15, 0.2) is 30.3 Å². The molecule has 1 N–H and O–H groups in total. The predicted octanol–water partition coefficient (Wildman–Crippen LogP) is 3.11. The van der Waals surface area contributed by atoms with Crippen molar-refractivity contribution in [3.8, 4) is 6.07 Å². The normalized spacial score (nSPS) is 16.6.